The molecule has 0 radical (unpaired) electrons. The molecule has 220 valence electrons. The highest BCUT2D eigenvalue weighted by Crippen LogP contribution is 2.64. The molecule has 3 nitrogen and oxygen atoms in total. The summed E-state index contributed by atoms with van der Waals surface area (Å²) in [5.74, 6) is -58.6. The van der Waals surface area contributed by atoms with Crippen LogP contribution in [0.2, 0.25) is 0 Å². The molecular formula is C18H11F17O3. The number of carbonyl (C=O) groups excluding carboxylic acids is 1. The quantitative estimate of drug-likeness (QED) is 0.236. The van der Waals surface area contributed by atoms with Crippen LogP contribution in [0.4, 0.5) is 74.6 Å². The van der Waals surface area contributed by atoms with Crippen LogP contribution in [0.3, 0.4) is 0 Å². The number of benzene rings is 1. The van der Waals surface area contributed by atoms with E-state index in [1.54, 1.807) is 0 Å². The first-order valence-electron chi connectivity index (χ1n) is 9.16. The summed E-state index contributed by atoms with van der Waals surface area (Å²) >= 11 is 0. The van der Waals surface area contributed by atoms with Crippen LogP contribution in [0, 0.1) is 0 Å². The van der Waals surface area contributed by atoms with Gasteiger partial charge in [0, 0.05) is 6.42 Å². The third-order valence-corrected chi connectivity index (χ3v) is 4.93. The third-order valence-electron chi connectivity index (χ3n) is 4.93. The number of ether oxygens (including phenoxy) is 1. The van der Waals surface area contributed by atoms with Crippen LogP contribution in [0.1, 0.15) is 28.4 Å². The van der Waals surface area contributed by atoms with Gasteiger partial charge < -0.3 is 9.84 Å². The van der Waals surface area contributed by atoms with Crippen LogP contribution >= 0.6 is 0 Å². The van der Waals surface area contributed by atoms with Crippen molar-refractivity contribution in [3.63, 3.8) is 0 Å². The highest BCUT2D eigenvalue weighted by molar-refractivity contribution is 5.89. The van der Waals surface area contributed by atoms with Gasteiger partial charge in [0.1, 0.15) is 0 Å². The van der Waals surface area contributed by atoms with Gasteiger partial charge in [-0.2, -0.15) is 74.6 Å². The molecule has 0 aliphatic rings. The van der Waals surface area contributed by atoms with Crippen molar-refractivity contribution in [1.29, 1.82) is 0 Å². The summed E-state index contributed by atoms with van der Waals surface area (Å²) in [6.45, 7) is 0. The van der Waals surface area contributed by atoms with Gasteiger partial charge in [0.2, 0.25) is 0 Å². The minimum absolute atomic E-state index is 0.436. The zero-order valence-electron chi connectivity index (χ0n) is 17.8. The number of carbonyl (C=O) groups is 1. The third kappa shape index (κ3) is 4.83. The second-order valence-electron chi connectivity index (χ2n) is 7.49. The van der Waals surface area contributed by atoms with Gasteiger partial charge in [0.25, 0.3) is 0 Å². The molecule has 0 bridgehead atoms. The molecule has 0 aromatic heterocycles. The smallest absolute Gasteiger partial charge is 0.460 e. The fourth-order valence-corrected chi connectivity index (χ4v) is 2.68. The molecule has 1 N–H and O–H groups in total. The van der Waals surface area contributed by atoms with E-state index < -0.39 is 77.3 Å². The molecule has 0 amide bonds. The van der Waals surface area contributed by atoms with Gasteiger partial charge in [-0.1, -0.05) is 12.1 Å². The Kier molecular flexibility index (Phi) is 8.44. The van der Waals surface area contributed by atoms with Crippen LogP contribution in [0.25, 0.3) is 0 Å². The maximum Gasteiger partial charge on any atom is 0.460 e. The topological polar surface area (TPSA) is 46.5 Å². The normalized spacial score (nSPS) is 15.9. The Morgan fingerprint density at radius 3 is 1.50 bits per heavy atom. The molecule has 38 heavy (non-hydrogen) atoms. The summed E-state index contributed by atoms with van der Waals surface area (Å²) in [6.07, 6.45) is -14.0. The van der Waals surface area contributed by atoms with Gasteiger partial charge in [-0.15, -0.1) is 0 Å². The number of halogens is 17. The zero-order valence-corrected chi connectivity index (χ0v) is 17.8. The molecule has 1 aromatic carbocycles. The van der Waals surface area contributed by atoms with Crippen molar-refractivity contribution in [1.82, 2.24) is 0 Å². The first-order valence-corrected chi connectivity index (χ1v) is 9.16. The molecule has 0 aliphatic heterocycles. The molecule has 0 fully saturated rings. The van der Waals surface area contributed by atoms with E-state index in [-0.39, 0.29) is 0 Å². The molecule has 0 saturated carbocycles. The summed E-state index contributed by atoms with van der Waals surface area (Å²) in [5, 5.41) is 9.66. The lowest BCUT2D eigenvalue weighted by Gasteiger charge is -2.43. The monoisotopic (exact) mass is 598 g/mol. The summed E-state index contributed by atoms with van der Waals surface area (Å²) in [6, 6.07) is 2.66. The van der Waals surface area contributed by atoms with E-state index in [4.69, 9.17) is 0 Å². The van der Waals surface area contributed by atoms with Crippen molar-refractivity contribution >= 4 is 5.97 Å². The number of aliphatic hydroxyl groups excluding tert-OH is 1. The lowest BCUT2D eigenvalue weighted by Crippen LogP contribution is -2.74. The van der Waals surface area contributed by atoms with Gasteiger partial charge in [0.05, 0.1) is 18.8 Å². The lowest BCUT2D eigenvalue weighted by atomic mass is 9.87. The Hall–Kier alpha value is -2.54. The number of hydrogen-bond acceptors (Lipinski definition) is 3. The van der Waals surface area contributed by atoms with Gasteiger partial charge in [-0.25, -0.2) is 4.79 Å². The number of rotatable bonds is 10. The first kappa shape index (κ1) is 33.5. The van der Waals surface area contributed by atoms with E-state index >= 15 is 0 Å². The average Bonchev–Trinajstić information content (AvgIpc) is 2.76. The van der Waals surface area contributed by atoms with Gasteiger partial charge >= 0.3 is 53.6 Å². The largest absolute Gasteiger partial charge is 0.465 e. The Bertz CT molecular complexity index is 1020. The molecule has 1 aromatic rings. The maximum atomic E-state index is 14.0. The summed E-state index contributed by atoms with van der Waals surface area (Å²) in [4.78, 5) is 11.4. The lowest BCUT2D eigenvalue weighted by molar-refractivity contribution is -0.462. The standard InChI is InChI=1S/C18H11F17O3/c1-38-10(37)8-4-2-3-7(5-8)9(36)6-11(19,20)12(21,22)13(23,24)14(25,26)15(27,28)16(29,30)17(31,32)18(33,34)35/h2-5,9,36H,6H2,1H3. The van der Waals surface area contributed by atoms with Crippen LogP contribution in [-0.4, -0.2) is 65.8 Å². The highest BCUT2D eigenvalue weighted by atomic mass is 19.4. The van der Waals surface area contributed by atoms with E-state index in [9.17, 15) is 84.5 Å². The molecule has 0 spiro atoms. The minimum atomic E-state index is -8.73. The zero-order chi connectivity index (χ0) is 30.6. The molecule has 1 atom stereocenters. The Labute approximate surface area is 199 Å². The fraction of sp³-hybridized carbons (Fsp3) is 0.611. The van der Waals surface area contributed by atoms with Gasteiger partial charge in [-0.05, 0) is 17.7 Å². The van der Waals surface area contributed by atoms with E-state index in [0.717, 1.165) is 19.2 Å². The van der Waals surface area contributed by atoms with Gasteiger partial charge in [0.15, 0.2) is 0 Å². The predicted octanol–water partition coefficient (Wildman–Crippen LogP) is 6.91. The van der Waals surface area contributed by atoms with Crippen molar-refractivity contribution < 1.29 is 89.3 Å². The number of aliphatic hydroxyl groups is 1. The number of alkyl halides is 17. The average molecular weight is 598 g/mol. The minimum Gasteiger partial charge on any atom is -0.465 e. The Morgan fingerprint density at radius 2 is 1.11 bits per heavy atom. The first-order chi connectivity index (χ1) is 16.6. The van der Waals surface area contributed by atoms with Crippen molar-refractivity contribution in [2.75, 3.05) is 7.11 Å². The molecule has 1 rings (SSSR count). The molecule has 0 heterocycles. The Morgan fingerprint density at radius 1 is 0.711 bits per heavy atom. The highest BCUT2D eigenvalue weighted by Gasteiger charge is 2.95. The van der Waals surface area contributed by atoms with E-state index in [0.29, 0.717) is 12.1 Å². The number of methoxy groups -OCH3 is 1. The van der Waals surface area contributed by atoms with Crippen LogP contribution < -0.4 is 0 Å². The summed E-state index contributed by atoms with van der Waals surface area (Å²) in [7, 11) is 0.784. The summed E-state index contributed by atoms with van der Waals surface area (Å²) in [5.41, 5.74) is -1.57. The van der Waals surface area contributed by atoms with Crippen molar-refractivity contribution in [2.24, 2.45) is 0 Å². The van der Waals surface area contributed by atoms with E-state index in [1.807, 2.05) is 0 Å². The van der Waals surface area contributed by atoms with E-state index in [1.165, 1.54) is 0 Å². The molecule has 20 heteroatoms. The maximum absolute atomic E-state index is 14.0. The number of esters is 1. The van der Waals surface area contributed by atoms with Crippen molar-refractivity contribution in [2.45, 2.75) is 60.2 Å². The predicted molar refractivity (Wildman–Crippen MR) is 88.0 cm³/mol. The molecule has 0 aliphatic carbocycles. The van der Waals surface area contributed by atoms with Gasteiger partial charge in [-0.3, -0.25) is 0 Å². The molecular weight excluding hydrogens is 587 g/mol. The molecule has 1 unspecified atom stereocenters. The van der Waals surface area contributed by atoms with Crippen LogP contribution in [0.5, 0.6) is 0 Å². The van der Waals surface area contributed by atoms with Crippen molar-refractivity contribution in [3.8, 4) is 0 Å². The second kappa shape index (κ2) is 9.58. The Balaban J connectivity index is 3.53. The van der Waals surface area contributed by atoms with Crippen molar-refractivity contribution in [3.05, 3.63) is 35.4 Å². The second-order valence-corrected chi connectivity index (χ2v) is 7.49. The van der Waals surface area contributed by atoms with Crippen LogP contribution in [-0.2, 0) is 4.74 Å². The number of hydrogen-bond donors (Lipinski definition) is 1. The van der Waals surface area contributed by atoms with E-state index in [2.05, 4.69) is 4.74 Å². The SMILES string of the molecule is COC(=O)c1cccc(C(O)CC(F)(F)C(F)(F)C(F)(F)C(F)(F)C(F)(F)C(F)(F)C(F)(F)C(F)(F)F)c1. The van der Waals surface area contributed by atoms with Crippen LogP contribution in [0.15, 0.2) is 24.3 Å². The molecule has 0 saturated heterocycles. The fourth-order valence-electron chi connectivity index (χ4n) is 2.68. The summed E-state index contributed by atoms with van der Waals surface area (Å²) < 4.78 is 230.